The number of carbonyl (C=O) groups is 2. The lowest BCUT2D eigenvalue weighted by Crippen LogP contribution is -2.43. The molecule has 1 aromatic heterocycles. The number of aromatic hydroxyl groups is 1. The first kappa shape index (κ1) is 29.9. The molecule has 1 amide bonds. The summed E-state index contributed by atoms with van der Waals surface area (Å²) in [5.41, 5.74) is 2.33. The van der Waals surface area contributed by atoms with E-state index < -0.39 is 11.6 Å². The van der Waals surface area contributed by atoms with Crippen molar-refractivity contribution in [2.75, 3.05) is 13.1 Å². The van der Waals surface area contributed by atoms with E-state index in [2.05, 4.69) is 0 Å². The second kappa shape index (κ2) is 13.1. The van der Waals surface area contributed by atoms with Crippen LogP contribution in [0.3, 0.4) is 0 Å². The lowest BCUT2D eigenvalue weighted by molar-refractivity contribution is -0.00357. The molecule has 2 aromatic carbocycles. The van der Waals surface area contributed by atoms with Crippen molar-refractivity contribution in [2.45, 2.75) is 78.4 Å². The minimum Gasteiger partial charge on any atom is -0.505 e. The van der Waals surface area contributed by atoms with E-state index in [1.54, 1.807) is 11.8 Å². The number of aryl methyl sites for hydroxylation is 1. The Morgan fingerprint density at radius 2 is 1.68 bits per heavy atom. The van der Waals surface area contributed by atoms with Crippen LogP contribution in [0.1, 0.15) is 79.8 Å². The Labute approximate surface area is 242 Å². The van der Waals surface area contributed by atoms with E-state index in [1.807, 2.05) is 82.3 Å². The van der Waals surface area contributed by atoms with Crippen molar-refractivity contribution in [3.8, 4) is 17.2 Å². The summed E-state index contributed by atoms with van der Waals surface area (Å²) in [5.74, 6) is 0.760. The van der Waals surface area contributed by atoms with Crippen molar-refractivity contribution in [3.63, 3.8) is 0 Å². The second-order valence-electron chi connectivity index (χ2n) is 11.4. The van der Waals surface area contributed by atoms with Crippen LogP contribution >= 0.6 is 0 Å². The third kappa shape index (κ3) is 7.99. The molecule has 1 aliphatic rings. The van der Waals surface area contributed by atoms with Gasteiger partial charge in [0.25, 0.3) is 0 Å². The van der Waals surface area contributed by atoms with Crippen molar-refractivity contribution in [1.82, 2.24) is 9.88 Å². The number of piperidine rings is 1. The number of aromatic nitrogens is 1. The summed E-state index contributed by atoms with van der Waals surface area (Å²) in [7, 11) is 0. The number of carbonyl (C=O) groups excluding carboxylic acids is 2. The fourth-order valence-electron chi connectivity index (χ4n) is 4.83. The van der Waals surface area contributed by atoms with Gasteiger partial charge in [-0.3, -0.25) is 4.98 Å². The molecular weight excluding hydrogens is 520 g/mol. The molecule has 0 aliphatic carbocycles. The number of rotatable bonds is 8. The number of hydrogen-bond acceptors (Lipinski definition) is 7. The predicted molar refractivity (Wildman–Crippen MR) is 157 cm³/mol. The number of pyridine rings is 1. The summed E-state index contributed by atoms with van der Waals surface area (Å²) in [5, 5.41) is 11.1. The minimum atomic E-state index is -0.571. The molecule has 0 unspecified atom stereocenters. The van der Waals surface area contributed by atoms with Gasteiger partial charge < -0.3 is 24.2 Å². The van der Waals surface area contributed by atoms with Crippen molar-refractivity contribution >= 4 is 12.1 Å². The highest BCUT2D eigenvalue weighted by atomic mass is 16.6. The third-order valence-corrected chi connectivity index (χ3v) is 6.90. The Morgan fingerprint density at radius 1 is 1.00 bits per heavy atom. The molecule has 0 spiro atoms. The zero-order chi connectivity index (χ0) is 29.6. The number of amides is 1. The highest BCUT2D eigenvalue weighted by Crippen LogP contribution is 2.31. The second-order valence-corrected chi connectivity index (χ2v) is 11.4. The van der Waals surface area contributed by atoms with E-state index in [0.29, 0.717) is 61.5 Å². The quantitative estimate of drug-likeness (QED) is 0.297. The van der Waals surface area contributed by atoms with Crippen LogP contribution in [0.2, 0.25) is 0 Å². The van der Waals surface area contributed by atoms with Gasteiger partial charge in [0, 0.05) is 38.0 Å². The van der Waals surface area contributed by atoms with Gasteiger partial charge in [-0.1, -0.05) is 43.7 Å². The van der Waals surface area contributed by atoms with Crippen LogP contribution in [0.15, 0.2) is 54.6 Å². The molecule has 0 bridgehead atoms. The Hall–Kier alpha value is -4.07. The lowest BCUT2D eigenvalue weighted by Gasteiger charge is -2.33. The predicted octanol–water partition coefficient (Wildman–Crippen LogP) is 6.99. The number of hydrogen-bond donors (Lipinski definition) is 1. The topological polar surface area (TPSA) is 98.2 Å². The van der Waals surface area contributed by atoms with Crippen LogP contribution < -0.4 is 4.74 Å². The van der Waals surface area contributed by atoms with Crippen molar-refractivity contribution in [2.24, 2.45) is 0 Å². The molecular formula is C33H40N2O6. The lowest BCUT2D eigenvalue weighted by atomic mass is 9.98. The van der Waals surface area contributed by atoms with Gasteiger partial charge in [-0.2, -0.15) is 0 Å². The summed E-state index contributed by atoms with van der Waals surface area (Å²) < 4.78 is 17.3. The van der Waals surface area contributed by atoms with Gasteiger partial charge in [-0.05, 0) is 69.5 Å². The molecule has 1 N–H and O–H groups in total. The summed E-state index contributed by atoms with van der Waals surface area (Å²) in [6.07, 6.45) is 2.03. The SMILES string of the molecule is CCCc1nc(Cc2cccc(Oc3ccccc3)c2)c(C)c(C(=O)OC2CCN(C(=O)OC(C)(C)C)CC2)c1O. The highest BCUT2D eigenvalue weighted by molar-refractivity contribution is 5.94. The number of nitrogens with zero attached hydrogens (tertiary/aromatic N) is 2. The first-order valence-electron chi connectivity index (χ1n) is 14.3. The van der Waals surface area contributed by atoms with Gasteiger partial charge in [-0.25, -0.2) is 9.59 Å². The molecule has 8 heteroatoms. The van der Waals surface area contributed by atoms with Gasteiger partial charge in [0.15, 0.2) is 5.75 Å². The Bertz CT molecular complexity index is 1360. The van der Waals surface area contributed by atoms with Crippen LogP contribution in [-0.4, -0.2) is 51.8 Å². The van der Waals surface area contributed by atoms with E-state index in [1.165, 1.54) is 0 Å². The van der Waals surface area contributed by atoms with E-state index in [4.69, 9.17) is 19.2 Å². The number of benzene rings is 2. The normalized spacial score (nSPS) is 14.0. The number of ether oxygens (including phenoxy) is 3. The molecule has 1 fully saturated rings. The average Bonchev–Trinajstić information content (AvgIpc) is 2.92. The van der Waals surface area contributed by atoms with Crippen molar-refractivity contribution < 1.29 is 28.9 Å². The maximum Gasteiger partial charge on any atom is 0.410 e. The molecule has 2 heterocycles. The first-order valence-corrected chi connectivity index (χ1v) is 14.3. The zero-order valence-corrected chi connectivity index (χ0v) is 24.6. The monoisotopic (exact) mass is 560 g/mol. The molecule has 0 radical (unpaired) electrons. The molecule has 8 nitrogen and oxygen atoms in total. The van der Waals surface area contributed by atoms with E-state index in [-0.39, 0.29) is 23.5 Å². The largest absolute Gasteiger partial charge is 0.505 e. The Kier molecular flexibility index (Phi) is 9.53. The molecule has 0 atom stereocenters. The molecule has 218 valence electrons. The van der Waals surface area contributed by atoms with Gasteiger partial charge in [0.2, 0.25) is 0 Å². The highest BCUT2D eigenvalue weighted by Gasteiger charge is 2.30. The van der Waals surface area contributed by atoms with Gasteiger partial charge in [0.05, 0.1) is 5.69 Å². The van der Waals surface area contributed by atoms with Crippen LogP contribution in [0.25, 0.3) is 0 Å². The van der Waals surface area contributed by atoms with E-state index in [0.717, 1.165) is 17.7 Å². The van der Waals surface area contributed by atoms with Crippen LogP contribution in [0.4, 0.5) is 4.79 Å². The molecule has 1 saturated heterocycles. The van der Waals surface area contributed by atoms with Crippen molar-refractivity contribution in [3.05, 3.63) is 82.7 Å². The molecule has 1 aliphatic heterocycles. The maximum absolute atomic E-state index is 13.4. The summed E-state index contributed by atoms with van der Waals surface area (Å²) in [6, 6.07) is 17.3. The molecule has 3 aromatic rings. The Morgan fingerprint density at radius 3 is 2.34 bits per heavy atom. The van der Waals surface area contributed by atoms with E-state index in [9.17, 15) is 14.7 Å². The standard InChI is InChI=1S/C33H40N2O6/c1-6-11-27-30(36)29(31(37)40-25-16-18-35(19-17-25)32(38)41-33(3,4)5)22(2)28(34-27)21-23-12-10-15-26(20-23)39-24-13-8-7-9-14-24/h7-10,12-15,20,25,36H,6,11,16-19,21H2,1-5H3. The van der Waals surface area contributed by atoms with Crippen LogP contribution in [0, 0.1) is 6.92 Å². The van der Waals surface area contributed by atoms with Crippen LogP contribution in [-0.2, 0) is 22.3 Å². The maximum atomic E-state index is 13.4. The Balaban J connectivity index is 1.50. The first-order chi connectivity index (χ1) is 19.5. The molecule has 4 rings (SSSR count). The van der Waals surface area contributed by atoms with E-state index >= 15 is 0 Å². The minimum absolute atomic E-state index is 0.120. The number of esters is 1. The average molecular weight is 561 g/mol. The molecule has 41 heavy (non-hydrogen) atoms. The summed E-state index contributed by atoms with van der Waals surface area (Å²) in [4.78, 5) is 32.2. The van der Waals surface area contributed by atoms with Gasteiger partial charge in [0.1, 0.15) is 28.8 Å². The fourth-order valence-corrected chi connectivity index (χ4v) is 4.83. The smallest absolute Gasteiger partial charge is 0.410 e. The summed E-state index contributed by atoms with van der Waals surface area (Å²) in [6.45, 7) is 10.2. The number of para-hydroxylation sites is 1. The fraction of sp³-hybridized carbons (Fsp3) is 0.424. The third-order valence-electron chi connectivity index (χ3n) is 6.90. The summed E-state index contributed by atoms with van der Waals surface area (Å²) >= 11 is 0. The number of likely N-dealkylation sites (tertiary alicyclic amines) is 1. The van der Waals surface area contributed by atoms with Crippen molar-refractivity contribution in [1.29, 1.82) is 0 Å². The van der Waals surface area contributed by atoms with Crippen LogP contribution in [0.5, 0.6) is 17.2 Å². The zero-order valence-electron chi connectivity index (χ0n) is 24.6. The van der Waals surface area contributed by atoms with Gasteiger partial charge >= 0.3 is 12.1 Å². The molecule has 0 saturated carbocycles. The van der Waals surface area contributed by atoms with Gasteiger partial charge in [-0.15, -0.1) is 0 Å².